The van der Waals surface area contributed by atoms with Crippen LogP contribution in [0.15, 0.2) is 28.7 Å². The number of nitrogens with zero attached hydrogens (tertiary/aromatic N) is 1. The van der Waals surface area contributed by atoms with Crippen molar-refractivity contribution in [1.82, 2.24) is 9.97 Å². The summed E-state index contributed by atoms with van der Waals surface area (Å²) in [5, 5.41) is 2.29. The summed E-state index contributed by atoms with van der Waals surface area (Å²) >= 11 is 3.54. The van der Waals surface area contributed by atoms with Crippen molar-refractivity contribution in [2.24, 2.45) is 0 Å². The fraction of sp³-hybridized carbons (Fsp3) is 0.0833. The minimum absolute atomic E-state index is 0.561. The fourth-order valence-corrected chi connectivity index (χ4v) is 2.53. The minimum Gasteiger partial charge on any atom is -0.384 e. The van der Waals surface area contributed by atoms with Crippen LogP contribution in [0.4, 0.5) is 5.82 Å². The average molecular weight is 276 g/mol. The van der Waals surface area contributed by atoms with Gasteiger partial charge in [-0.3, -0.25) is 0 Å². The van der Waals surface area contributed by atoms with Crippen LogP contribution >= 0.6 is 15.9 Å². The number of aromatic nitrogens is 2. The number of hydrogen-bond acceptors (Lipinski definition) is 2. The van der Waals surface area contributed by atoms with Gasteiger partial charge in [0.1, 0.15) is 5.82 Å². The number of halogens is 1. The molecule has 3 aromatic rings. The lowest BCUT2D eigenvalue weighted by Crippen LogP contribution is -1.92. The molecule has 3 rings (SSSR count). The Balaban J connectivity index is 2.61. The van der Waals surface area contributed by atoms with Gasteiger partial charge in [-0.1, -0.05) is 12.1 Å². The van der Waals surface area contributed by atoms with Gasteiger partial charge in [0.25, 0.3) is 0 Å². The summed E-state index contributed by atoms with van der Waals surface area (Å²) in [5.74, 6) is 0.561. The fourth-order valence-electron chi connectivity index (χ4n) is 2.07. The molecule has 16 heavy (non-hydrogen) atoms. The first-order chi connectivity index (χ1) is 7.66. The Bertz CT molecular complexity index is 700. The van der Waals surface area contributed by atoms with Gasteiger partial charge >= 0.3 is 0 Å². The summed E-state index contributed by atoms with van der Waals surface area (Å²) in [6, 6.07) is 8.03. The zero-order valence-corrected chi connectivity index (χ0v) is 10.3. The van der Waals surface area contributed by atoms with Gasteiger partial charge in [-0.25, -0.2) is 4.98 Å². The van der Waals surface area contributed by atoms with Gasteiger partial charge < -0.3 is 10.7 Å². The van der Waals surface area contributed by atoms with Gasteiger partial charge in [0.15, 0.2) is 0 Å². The molecule has 3 N–H and O–H groups in total. The van der Waals surface area contributed by atoms with Crippen LogP contribution in [-0.2, 0) is 0 Å². The molecule has 2 heterocycles. The number of para-hydroxylation sites is 1. The molecule has 0 radical (unpaired) electrons. The van der Waals surface area contributed by atoms with Gasteiger partial charge in [-0.05, 0) is 35.0 Å². The maximum Gasteiger partial charge on any atom is 0.124 e. The van der Waals surface area contributed by atoms with Gasteiger partial charge in [0, 0.05) is 15.2 Å². The zero-order valence-electron chi connectivity index (χ0n) is 8.71. The average Bonchev–Trinajstić information content (AvgIpc) is 2.59. The molecule has 80 valence electrons. The standard InChI is InChI=1S/C12H10BrN3/c1-6-11-8(5-10(14)15-6)7-3-2-4-9(13)12(7)16-11/h2-5,16H,1H3,(H2,14,15). The van der Waals surface area contributed by atoms with Crippen LogP contribution in [-0.4, -0.2) is 9.97 Å². The molecule has 3 nitrogen and oxygen atoms in total. The zero-order chi connectivity index (χ0) is 11.3. The number of benzene rings is 1. The Labute approximate surface area is 101 Å². The number of aromatic amines is 1. The summed E-state index contributed by atoms with van der Waals surface area (Å²) < 4.78 is 1.05. The number of rotatable bonds is 0. The third-order valence-corrected chi connectivity index (χ3v) is 3.43. The number of pyridine rings is 1. The number of H-pyrrole nitrogens is 1. The van der Waals surface area contributed by atoms with Gasteiger partial charge in [0.2, 0.25) is 0 Å². The summed E-state index contributed by atoms with van der Waals surface area (Å²) in [6.45, 7) is 1.96. The van der Waals surface area contributed by atoms with Gasteiger partial charge in [0.05, 0.1) is 16.7 Å². The molecule has 0 saturated heterocycles. The number of nitrogens with one attached hydrogen (secondary N) is 1. The number of nitrogens with two attached hydrogens (primary N) is 1. The van der Waals surface area contributed by atoms with Crippen LogP contribution in [0.1, 0.15) is 5.69 Å². The quantitative estimate of drug-likeness (QED) is 0.661. The molecule has 0 spiro atoms. The van der Waals surface area contributed by atoms with Crippen molar-refractivity contribution < 1.29 is 0 Å². The second-order valence-corrected chi connectivity index (χ2v) is 4.70. The van der Waals surface area contributed by atoms with Crippen molar-refractivity contribution >= 4 is 43.6 Å². The highest BCUT2D eigenvalue weighted by molar-refractivity contribution is 9.10. The van der Waals surface area contributed by atoms with Crippen LogP contribution in [0.3, 0.4) is 0 Å². The first kappa shape index (κ1) is 9.66. The van der Waals surface area contributed by atoms with E-state index in [1.165, 1.54) is 5.39 Å². The van der Waals surface area contributed by atoms with Crippen molar-refractivity contribution in [1.29, 1.82) is 0 Å². The lowest BCUT2D eigenvalue weighted by atomic mass is 10.1. The van der Waals surface area contributed by atoms with E-state index in [9.17, 15) is 0 Å². The van der Waals surface area contributed by atoms with Crippen molar-refractivity contribution in [3.63, 3.8) is 0 Å². The van der Waals surface area contributed by atoms with E-state index in [1.54, 1.807) is 0 Å². The third kappa shape index (κ3) is 1.23. The molecule has 0 atom stereocenters. The Morgan fingerprint density at radius 2 is 2.06 bits per heavy atom. The smallest absolute Gasteiger partial charge is 0.124 e. The van der Waals surface area contributed by atoms with Crippen LogP contribution < -0.4 is 5.73 Å². The topological polar surface area (TPSA) is 54.7 Å². The Hall–Kier alpha value is -1.55. The molecule has 4 heteroatoms. The Morgan fingerprint density at radius 3 is 2.88 bits per heavy atom. The molecule has 0 aliphatic carbocycles. The van der Waals surface area contributed by atoms with E-state index < -0.39 is 0 Å². The number of fused-ring (bicyclic) bond motifs is 3. The Morgan fingerprint density at radius 1 is 1.25 bits per heavy atom. The molecular formula is C12H10BrN3. The first-order valence-corrected chi connectivity index (χ1v) is 5.79. The molecular weight excluding hydrogens is 266 g/mol. The van der Waals surface area contributed by atoms with Gasteiger partial charge in [-0.15, -0.1) is 0 Å². The van der Waals surface area contributed by atoms with Crippen molar-refractivity contribution in [2.75, 3.05) is 5.73 Å². The second kappa shape index (κ2) is 3.22. The van der Waals surface area contributed by atoms with Crippen LogP contribution in [0.25, 0.3) is 21.8 Å². The molecule has 0 bridgehead atoms. The van der Waals surface area contributed by atoms with Gasteiger partial charge in [-0.2, -0.15) is 0 Å². The highest BCUT2D eigenvalue weighted by Crippen LogP contribution is 2.31. The number of aryl methyl sites for hydroxylation is 1. The minimum atomic E-state index is 0.561. The molecule has 0 unspecified atom stereocenters. The highest BCUT2D eigenvalue weighted by Gasteiger charge is 2.09. The highest BCUT2D eigenvalue weighted by atomic mass is 79.9. The molecule has 0 saturated carbocycles. The Kier molecular flexibility index (Phi) is 1.94. The molecule has 1 aromatic carbocycles. The van der Waals surface area contributed by atoms with E-state index in [1.807, 2.05) is 25.1 Å². The number of nitrogen functional groups attached to an aromatic ring is 1. The van der Waals surface area contributed by atoms with E-state index in [0.29, 0.717) is 5.82 Å². The van der Waals surface area contributed by atoms with Crippen LogP contribution in [0.2, 0.25) is 0 Å². The van der Waals surface area contributed by atoms with Crippen LogP contribution in [0, 0.1) is 6.92 Å². The predicted octanol–water partition coefficient (Wildman–Crippen LogP) is 3.37. The van der Waals surface area contributed by atoms with E-state index in [2.05, 4.69) is 32.0 Å². The molecule has 2 aromatic heterocycles. The van der Waals surface area contributed by atoms with Crippen molar-refractivity contribution in [3.8, 4) is 0 Å². The third-order valence-electron chi connectivity index (χ3n) is 2.77. The monoisotopic (exact) mass is 275 g/mol. The summed E-state index contributed by atoms with van der Waals surface area (Å²) in [5.41, 5.74) is 8.85. The number of hydrogen-bond donors (Lipinski definition) is 2. The summed E-state index contributed by atoms with van der Waals surface area (Å²) in [6.07, 6.45) is 0. The lowest BCUT2D eigenvalue weighted by molar-refractivity contribution is 1.23. The summed E-state index contributed by atoms with van der Waals surface area (Å²) in [4.78, 5) is 7.63. The lowest BCUT2D eigenvalue weighted by Gasteiger charge is -1.97. The van der Waals surface area contributed by atoms with Crippen molar-refractivity contribution in [2.45, 2.75) is 6.92 Å². The van der Waals surface area contributed by atoms with E-state index in [-0.39, 0.29) is 0 Å². The van der Waals surface area contributed by atoms with Crippen molar-refractivity contribution in [3.05, 3.63) is 34.4 Å². The number of anilines is 1. The molecule has 0 aliphatic heterocycles. The largest absolute Gasteiger partial charge is 0.384 e. The summed E-state index contributed by atoms with van der Waals surface area (Å²) in [7, 11) is 0. The maximum atomic E-state index is 5.78. The predicted molar refractivity (Wildman–Crippen MR) is 70.4 cm³/mol. The molecule has 0 fully saturated rings. The molecule has 0 amide bonds. The van der Waals surface area contributed by atoms with E-state index >= 15 is 0 Å². The molecule has 0 aliphatic rings. The normalized spacial score (nSPS) is 11.4. The SMILES string of the molecule is Cc1nc(N)cc2c1[nH]c1c(Br)cccc12. The second-order valence-electron chi connectivity index (χ2n) is 3.84. The van der Waals surface area contributed by atoms with E-state index in [0.717, 1.165) is 26.6 Å². The van der Waals surface area contributed by atoms with E-state index in [4.69, 9.17) is 5.73 Å². The maximum absolute atomic E-state index is 5.78. The first-order valence-electron chi connectivity index (χ1n) is 5.00. The van der Waals surface area contributed by atoms with Crippen LogP contribution in [0.5, 0.6) is 0 Å².